The number of rotatable bonds is 4. The molecule has 4 heteroatoms. The van der Waals surface area contributed by atoms with Crippen molar-refractivity contribution in [3.8, 4) is 0 Å². The Bertz CT molecular complexity index is 648. The summed E-state index contributed by atoms with van der Waals surface area (Å²) in [4.78, 5) is 15.6. The number of aromatic carboxylic acids is 1. The van der Waals surface area contributed by atoms with Crippen LogP contribution >= 0.6 is 15.9 Å². The summed E-state index contributed by atoms with van der Waals surface area (Å²) < 4.78 is 0.781. The van der Waals surface area contributed by atoms with E-state index in [9.17, 15) is 9.90 Å². The number of hydrogen-bond acceptors (Lipinski definition) is 2. The second kappa shape index (κ2) is 5.37. The molecule has 20 heavy (non-hydrogen) atoms. The number of carboxylic acids is 1. The standard InChI is InChI=1S/C16H14BrNO2/c17-15-6-1-10(9-18-15)7-13-5-4-12(11-2-3-11)8-14(13)16(19)20/h1,4-6,8-9,11H,2-3,7H2,(H,19,20). The average molecular weight is 332 g/mol. The zero-order valence-corrected chi connectivity index (χ0v) is 12.4. The Balaban J connectivity index is 1.91. The molecule has 2 aromatic rings. The Morgan fingerprint density at radius 1 is 1.30 bits per heavy atom. The summed E-state index contributed by atoms with van der Waals surface area (Å²) in [6, 6.07) is 9.67. The number of carbonyl (C=O) groups is 1. The van der Waals surface area contributed by atoms with Crippen molar-refractivity contribution in [1.82, 2.24) is 4.98 Å². The van der Waals surface area contributed by atoms with Gasteiger partial charge in [0, 0.05) is 6.20 Å². The molecule has 0 atom stereocenters. The molecule has 1 N–H and O–H groups in total. The molecule has 102 valence electrons. The number of benzene rings is 1. The minimum absolute atomic E-state index is 0.414. The first-order valence-electron chi connectivity index (χ1n) is 6.60. The monoisotopic (exact) mass is 331 g/mol. The maximum Gasteiger partial charge on any atom is 0.335 e. The molecule has 3 nitrogen and oxygen atoms in total. The van der Waals surface area contributed by atoms with Gasteiger partial charge in [-0.05, 0) is 69.9 Å². The smallest absolute Gasteiger partial charge is 0.335 e. The molecule has 0 bridgehead atoms. The fraction of sp³-hybridized carbons (Fsp3) is 0.250. The van der Waals surface area contributed by atoms with Gasteiger partial charge in [0.05, 0.1) is 5.56 Å². The van der Waals surface area contributed by atoms with Gasteiger partial charge in [-0.25, -0.2) is 9.78 Å². The molecular weight excluding hydrogens is 318 g/mol. The minimum Gasteiger partial charge on any atom is -0.478 e. The molecule has 0 unspecified atom stereocenters. The van der Waals surface area contributed by atoms with Crippen molar-refractivity contribution in [2.45, 2.75) is 25.2 Å². The van der Waals surface area contributed by atoms with Gasteiger partial charge in [0.2, 0.25) is 0 Å². The van der Waals surface area contributed by atoms with E-state index < -0.39 is 5.97 Å². The van der Waals surface area contributed by atoms with E-state index in [0.29, 0.717) is 17.9 Å². The van der Waals surface area contributed by atoms with Crippen LogP contribution in [-0.4, -0.2) is 16.1 Å². The van der Waals surface area contributed by atoms with Crippen LogP contribution in [-0.2, 0) is 6.42 Å². The van der Waals surface area contributed by atoms with Crippen LogP contribution < -0.4 is 0 Å². The summed E-state index contributed by atoms with van der Waals surface area (Å²) in [5, 5.41) is 9.39. The first-order chi connectivity index (χ1) is 9.63. The summed E-state index contributed by atoms with van der Waals surface area (Å²) in [6.45, 7) is 0. The predicted octanol–water partition coefficient (Wildman–Crippen LogP) is 4.01. The lowest BCUT2D eigenvalue weighted by molar-refractivity contribution is 0.0695. The molecule has 1 aliphatic carbocycles. The predicted molar refractivity (Wildman–Crippen MR) is 80.1 cm³/mol. The molecule has 0 spiro atoms. The molecular formula is C16H14BrNO2. The van der Waals surface area contributed by atoms with Gasteiger partial charge in [-0.3, -0.25) is 0 Å². The van der Waals surface area contributed by atoms with E-state index in [4.69, 9.17) is 0 Å². The van der Waals surface area contributed by atoms with Crippen molar-refractivity contribution in [2.24, 2.45) is 0 Å². The highest BCUT2D eigenvalue weighted by Gasteiger charge is 2.25. The van der Waals surface area contributed by atoms with Crippen LogP contribution in [0, 0.1) is 0 Å². The molecule has 0 amide bonds. The molecule has 1 aliphatic rings. The second-order valence-electron chi connectivity index (χ2n) is 5.16. The maximum atomic E-state index is 11.4. The Morgan fingerprint density at radius 2 is 2.10 bits per heavy atom. The minimum atomic E-state index is -0.854. The van der Waals surface area contributed by atoms with Crippen LogP contribution in [0.3, 0.4) is 0 Å². The molecule has 1 aromatic carbocycles. The van der Waals surface area contributed by atoms with E-state index in [2.05, 4.69) is 27.0 Å². The third-order valence-electron chi connectivity index (χ3n) is 3.60. The van der Waals surface area contributed by atoms with Crippen molar-refractivity contribution in [2.75, 3.05) is 0 Å². The lowest BCUT2D eigenvalue weighted by atomic mass is 9.97. The van der Waals surface area contributed by atoms with Gasteiger partial charge in [-0.2, -0.15) is 0 Å². The number of halogens is 1. The second-order valence-corrected chi connectivity index (χ2v) is 5.97. The van der Waals surface area contributed by atoms with Gasteiger partial charge in [0.15, 0.2) is 0 Å². The van der Waals surface area contributed by atoms with E-state index in [0.717, 1.165) is 21.3 Å². The van der Waals surface area contributed by atoms with E-state index in [1.54, 1.807) is 6.20 Å². The van der Waals surface area contributed by atoms with Crippen LogP contribution in [0.2, 0.25) is 0 Å². The first kappa shape index (κ1) is 13.3. The van der Waals surface area contributed by atoms with Gasteiger partial charge in [-0.1, -0.05) is 18.2 Å². The van der Waals surface area contributed by atoms with Gasteiger partial charge >= 0.3 is 5.97 Å². The van der Waals surface area contributed by atoms with Crippen molar-refractivity contribution in [3.63, 3.8) is 0 Å². The third-order valence-corrected chi connectivity index (χ3v) is 4.07. The summed E-state index contributed by atoms with van der Waals surface area (Å²) in [5.41, 5.74) is 3.42. The zero-order chi connectivity index (χ0) is 14.1. The molecule has 0 saturated heterocycles. The average Bonchev–Trinajstić information content (AvgIpc) is 3.26. The Labute approximate surface area is 125 Å². The number of hydrogen-bond donors (Lipinski definition) is 1. The highest BCUT2D eigenvalue weighted by atomic mass is 79.9. The largest absolute Gasteiger partial charge is 0.478 e. The van der Waals surface area contributed by atoms with Gasteiger partial charge in [0.25, 0.3) is 0 Å². The zero-order valence-electron chi connectivity index (χ0n) is 10.8. The Morgan fingerprint density at radius 3 is 2.70 bits per heavy atom. The van der Waals surface area contributed by atoms with Gasteiger partial charge in [0.1, 0.15) is 4.60 Å². The van der Waals surface area contributed by atoms with E-state index >= 15 is 0 Å². The molecule has 1 heterocycles. The fourth-order valence-corrected chi connectivity index (χ4v) is 2.58. The molecule has 1 saturated carbocycles. The van der Waals surface area contributed by atoms with Crippen LogP contribution in [0.1, 0.15) is 45.8 Å². The SMILES string of the molecule is O=C(O)c1cc(C2CC2)ccc1Cc1ccc(Br)nc1. The topological polar surface area (TPSA) is 50.2 Å². The van der Waals surface area contributed by atoms with Crippen molar-refractivity contribution in [1.29, 1.82) is 0 Å². The fourth-order valence-electron chi connectivity index (χ4n) is 2.35. The third kappa shape index (κ3) is 2.90. The van der Waals surface area contributed by atoms with Crippen molar-refractivity contribution >= 4 is 21.9 Å². The summed E-state index contributed by atoms with van der Waals surface area (Å²) in [5.74, 6) is -0.288. The summed E-state index contributed by atoms with van der Waals surface area (Å²) in [7, 11) is 0. The number of carboxylic acid groups (broad SMARTS) is 1. The van der Waals surface area contributed by atoms with Crippen molar-refractivity contribution in [3.05, 3.63) is 63.4 Å². The maximum absolute atomic E-state index is 11.4. The normalized spacial score (nSPS) is 14.2. The van der Waals surface area contributed by atoms with E-state index in [-0.39, 0.29) is 0 Å². The molecule has 1 fully saturated rings. The van der Waals surface area contributed by atoms with E-state index in [1.807, 2.05) is 24.3 Å². The first-order valence-corrected chi connectivity index (χ1v) is 7.39. The summed E-state index contributed by atoms with van der Waals surface area (Å²) >= 11 is 3.30. The lowest BCUT2D eigenvalue weighted by Gasteiger charge is -2.08. The summed E-state index contributed by atoms with van der Waals surface area (Å²) in [6.07, 6.45) is 4.71. The highest BCUT2D eigenvalue weighted by molar-refractivity contribution is 9.10. The highest BCUT2D eigenvalue weighted by Crippen LogP contribution is 2.40. The molecule has 0 aliphatic heterocycles. The lowest BCUT2D eigenvalue weighted by Crippen LogP contribution is -2.04. The van der Waals surface area contributed by atoms with Crippen LogP contribution in [0.4, 0.5) is 0 Å². The van der Waals surface area contributed by atoms with Crippen LogP contribution in [0.5, 0.6) is 0 Å². The van der Waals surface area contributed by atoms with Crippen LogP contribution in [0.25, 0.3) is 0 Å². The van der Waals surface area contributed by atoms with Crippen LogP contribution in [0.15, 0.2) is 41.1 Å². The van der Waals surface area contributed by atoms with Crippen molar-refractivity contribution < 1.29 is 9.90 Å². The number of nitrogens with zero attached hydrogens (tertiary/aromatic N) is 1. The van der Waals surface area contributed by atoms with Gasteiger partial charge < -0.3 is 5.11 Å². The molecule has 0 radical (unpaired) electrons. The Hall–Kier alpha value is -1.68. The van der Waals surface area contributed by atoms with Gasteiger partial charge in [-0.15, -0.1) is 0 Å². The quantitative estimate of drug-likeness (QED) is 0.861. The van der Waals surface area contributed by atoms with E-state index in [1.165, 1.54) is 12.8 Å². The molecule has 1 aromatic heterocycles. The number of pyridine rings is 1. The Kier molecular flexibility index (Phi) is 3.57. The molecule has 3 rings (SSSR count). The number of aromatic nitrogens is 1.